The van der Waals surface area contributed by atoms with Gasteiger partial charge >= 0.3 is 0 Å². The summed E-state index contributed by atoms with van der Waals surface area (Å²) in [6.07, 6.45) is 8.09. The lowest BCUT2D eigenvalue weighted by molar-refractivity contribution is -0.178. The van der Waals surface area contributed by atoms with Crippen molar-refractivity contribution in [1.29, 1.82) is 0 Å². The molecule has 7 heteroatoms. The minimum absolute atomic E-state index is 0.328. The van der Waals surface area contributed by atoms with Crippen LogP contribution < -0.4 is 9.47 Å². The van der Waals surface area contributed by atoms with Gasteiger partial charge in [0.1, 0.15) is 17.1 Å². The number of hydrogen-bond donors (Lipinski definition) is 0. The van der Waals surface area contributed by atoms with Gasteiger partial charge in [-0.25, -0.2) is 4.98 Å². The number of benzene rings is 1. The lowest BCUT2D eigenvalue weighted by Crippen LogP contribution is -2.34. The van der Waals surface area contributed by atoms with E-state index in [1.807, 2.05) is 16.7 Å². The average Bonchev–Trinajstić information content (AvgIpc) is 3.40. The fourth-order valence-corrected chi connectivity index (χ4v) is 4.86. The zero-order valence-electron chi connectivity index (χ0n) is 17.2. The number of imidazole rings is 1. The van der Waals surface area contributed by atoms with Crippen molar-refractivity contribution in [3.63, 3.8) is 0 Å². The van der Waals surface area contributed by atoms with Gasteiger partial charge in [-0.1, -0.05) is 11.6 Å². The van der Waals surface area contributed by atoms with Crippen LogP contribution >= 0.6 is 11.6 Å². The Kier molecular flexibility index (Phi) is 5.09. The normalized spacial score (nSPS) is 18.9. The molecule has 2 aromatic heterocycles. The first-order valence-electron chi connectivity index (χ1n) is 10.3. The van der Waals surface area contributed by atoms with E-state index in [0.717, 1.165) is 42.6 Å². The van der Waals surface area contributed by atoms with Crippen molar-refractivity contribution >= 4 is 17.2 Å². The first kappa shape index (κ1) is 19.7. The van der Waals surface area contributed by atoms with E-state index >= 15 is 0 Å². The molecule has 30 heavy (non-hydrogen) atoms. The molecule has 1 aliphatic carbocycles. The maximum absolute atomic E-state index is 6.35. The molecule has 3 aromatic rings. The lowest BCUT2D eigenvalue weighted by atomic mass is 9.81. The number of pyridine rings is 1. The van der Waals surface area contributed by atoms with E-state index in [2.05, 4.69) is 18.3 Å². The molecule has 3 heterocycles. The molecule has 0 radical (unpaired) electrons. The van der Waals surface area contributed by atoms with Gasteiger partial charge in [-0.15, -0.1) is 0 Å². The Balaban J connectivity index is 1.43. The molecule has 1 saturated carbocycles. The second-order valence-electron chi connectivity index (χ2n) is 7.92. The third-order valence-corrected chi connectivity index (χ3v) is 6.56. The van der Waals surface area contributed by atoms with Crippen LogP contribution in [0.3, 0.4) is 0 Å². The quantitative estimate of drug-likeness (QED) is 0.580. The van der Waals surface area contributed by atoms with Crippen LogP contribution in [0, 0.1) is 0 Å². The van der Waals surface area contributed by atoms with Crippen molar-refractivity contribution in [2.24, 2.45) is 0 Å². The number of hydrogen-bond acceptors (Lipinski definition) is 5. The molecule has 1 aromatic carbocycles. The van der Waals surface area contributed by atoms with Crippen LogP contribution in [-0.4, -0.2) is 42.6 Å². The molecule has 6 nitrogen and oxygen atoms in total. The second kappa shape index (κ2) is 7.76. The fourth-order valence-electron chi connectivity index (χ4n) is 4.62. The summed E-state index contributed by atoms with van der Waals surface area (Å²) in [6.45, 7) is 1.43. The molecule has 0 bridgehead atoms. The van der Waals surface area contributed by atoms with Gasteiger partial charge in [0.2, 0.25) is 0 Å². The van der Waals surface area contributed by atoms with Crippen molar-refractivity contribution in [3.8, 4) is 22.8 Å². The van der Waals surface area contributed by atoms with Gasteiger partial charge in [0.25, 0.3) is 0 Å². The topological polar surface area (TPSA) is 54.2 Å². The van der Waals surface area contributed by atoms with E-state index in [1.54, 1.807) is 20.3 Å². The van der Waals surface area contributed by atoms with Crippen LogP contribution in [-0.2, 0) is 9.47 Å². The average molecular weight is 429 g/mol. The van der Waals surface area contributed by atoms with E-state index < -0.39 is 0 Å². The molecule has 0 atom stereocenters. The largest absolute Gasteiger partial charge is 0.496 e. The van der Waals surface area contributed by atoms with Crippen LogP contribution in [0.5, 0.6) is 11.5 Å². The van der Waals surface area contributed by atoms with E-state index in [4.69, 9.17) is 35.5 Å². The van der Waals surface area contributed by atoms with Crippen molar-refractivity contribution < 1.29 is 18.9 Å². The maximum atomic E-state index is 6.35. The minimum Gasteiger partial charge on any atom is -0.496 e. The van der Waals surface area contributed by atoms with Crippen LogP contribution in [0.15, 0.2) is 36.7 Å². The van der Waals surface area contributed by atoms with E-state index in [-0.39, 0.29) is 5.79 Å². The third kappa shape index (κ3) is 3.43. The Labute approximate surface area is 180 Å². The Morgan fingerprint density at radius 1 is 1.07 bits per heavy atom. The molecular weight excluding hydrogens is 404 g/mol. The smallest absolute Gasteiger partial charge is 0.168 e. The fraction of sp³-hybridized carbons (Fsp3) is 0.435. The van der Waals surface area contributed by atoms with Crippen molar-refractivity contribution in [2.75, 3.05) is 27.4 Å². The first-order valence-corrected chi connectivity index (χ1v) is 10.7. The van der Waals surface area contributed by atoms with Gasteiger partial charge in [-0.3, -0.25) is 0 Å². The third-order valence-electron chi connectivity index (χ3n) is 6.27. The summed E-state index contributed by atoms with van der Waals surface area (Å²) in [4.78, 5) is 4.85. The summed E-state index contributed by atoms with van der Waals surface area (Å²) in [5.74, 6) is 1.42. The number of methoxy groups -OCH3 is 2. The molecule has 158 valence electrons. The predicted octanol–water partition coefficient (Wildman–Crippen LogP) is 5.07. The number of ether oxygens (including phenoxy) is 4. The first-order chi connectivity index (χ1) is 14.6. The summed E-state index contributed by atoms with van der Waals surface area (Å²) in [6, 6.07) is 8.00. The van der Waals surface area contributed by atoms with Gasteiger partial charge in [-0.2, -0.15) is 0 Å². The van der Waals surface area contributed by atoms with E-state index in [1.165, 1.54) is 5.56 Å². The van der Waals surface area contributed by atoms with Gasteiger partial charge in [0, 0.05) is 36.9 Å². The molecule has 2 aliphatic rings. The van der Waals surface area contributed by atoms with Gasteiger partial charge in [0.05, 0.1) is 38.1 Å². The number of nitrogens with zero attached hydrogens (tertiary/aromatic N) is 2. The molecule has 0 unspecified atom stereocenters. The molecule has 2 fully saturated rings. The molecule has 1 saturated heterocycles. The number of halogens is 1. The maximum Gasteiger partial charge on any atom is 0.168 e. The molecule has 0 amide bonds. The monoisotopic (exact) mass is 428 g/mol. The van der Waals surface area contributed by atoms with Gasteiger partial charge < -0.3 is 23.3 Å². The van der Waals surface area contributed by atoms with Crippen molar-refractivity contribution in [3.05, 3.63) is 47.2 Å². The zero-order valence-corrected chi connectivity index (χ0v) is 17.9. The Bertz CT molecular complexity index is 1060. The highest BCUT2D eigenvalue weighted by Gasteiger charge is 2.40. The highest BCUT2D eigenvalue weighted by Crippen LogP contribution is 2.43. The summed E-state index contributed by atoms with van der Waals surface area (Å²) in [5, 5.41) is 0.526. The van der Waals surface area contributed by atoms with Crippen LogP contribution in [0.4, 0.5) is 0 Å². The highest BCUT2D eigenvalue weighted by atomic mass is 35.5. The van der Waals surface area contributed by atoms with Crippen molar-refractivity contribution in [2.45, 2.75) is 37.4 Å². The predicted molar refractivity (Wildman–Crippen MR) is 115 cm³/mol. The minimum atomic E-state index is -0.328. The van der Waals surface area contributed by atoms with Gasteiger partial charge in [-0.05, 0) is 42.5 Å². The summed E-state index contributed by atoms with van der Waals surface area (Å²) in [7, 11) is 3.22. The lowest BCUT2D eigenvalue weighted by Gasteiger charge is -2.35. The van der Waals surface area contributed by atoms with Crippen LogP contribution in [0.1, 0.15) is 37.2 Å². The van der Waals surface area contributed by atoms with Crippen LogP contribution in [0.2, 0.25) is 5.02 Å². The molecule has 1 aliphatic heterocycles. The highest BCUT2D eigenvalue weighted by molar-refractivity contribution is 6.32. The molecule has 5 rings (SSSR count). The summed E-state index contributed by atoms with van der Waals surface area (Å²) < 4.78 is 24.6. The zero-order chi connectivity index (χ0) is 20.7. The number of fused-ring (bicyclic) bond motifs is 1. The molecular formula is C23H25ClN2O4. The molecule has 1 spiro atoms. The van der Waals surface area contributed by atoms with Crippen molar-refractivity contribution in [1.82, 2.24) is 9.38 Å². The van der Waals surface area contributed by atoms with E-state index in [0.29, 0.717) is 35.7 Å². The van der Waals surface area contributed by atoms with Crippen LogP contribution in [0.25, 0.3) is 16.9 Å². The Morgan fingerprint density at radius 3 is 2.50 bits per heavy atom. The second-order valence-corrected chi connectivity index (χ2v) is 8.33. The summed E-state index contributed by atoms with van der Waals surface area (Å²) in [5.41, 5.74) is 3.87. The summed E-state index contributed by atoms with van der Waals surface area (Å²) >= 11 is 6.35. The van der Waals surface area contributed by atoms with Gasteiger partial charge in [0.15, 0.2) is 5.79 Å². The number of aromatic nitrogens is 2. The Morgan fingerprint density at radius 2 is 1.80 bits per heavy atom. The number of rotatable bonds is 4. The Hall–Kier alpha value is -2.28. The SMILES string of the molecule is COc1cc(OC)c(-c2cn3ccc(C4CCC5(CC4)OCCO5)cc3n2)cc1Cl. The standard InChI is InChI=1S/C23H25ClN2O4/c1-27-20-13-21(28-2)18(24)12-17(20)19-14-26-8-5-16(11-22(26)25-19)15-3-6-23(7-4-15)29-9-10-30-23/h5,8,11-15H,3-4,6-7,9-10H2,1-2H3. The van der Waals surface area contributed by atoms with E-state index in [9.17, 15) is 0 Å². The molecule has 0 N–H and O–H groups in total.